The maximum Gasteiger partial charge on any atom is 0.407 e. The lowest BCUT2D eigenvalue weighted by molar-refractivity contribution is -0.143. The molecule has 3 N–H and O–H groups in total. The van der Waals surface area contributed by atoms with Crippen molar-refractivity contribution in [3.8, 4) is 11.1 Å². The molecule has 1 aliphatic carbocycles. The fourth-order valence-corrected chi connectivity index (χ4v) is 3.99. The molecule has 176 valence electrons. The normalized spacial score (nSPS) is 14.0. The zero-order valence-corrected chi connectivity index (χ0v) is 18.9. The summed E-state index contributed by atoms with van der Waals surface area (Å²) >= 11 is 0. The number of methoxy groups -OCH3 is 1. The van der Waals surface area contributed by atoms with E-state index < -0.39 is 18.1 Å². The van der Waals surface area contributed by atoms with Gasteiger partial charge in [0.2, 0.25) is 5.91 Å². The van der Waals surface area contributed by atoms with Crippen LogP contribution in [0, 0.1) is 5.92 Å². The molecule has 2 unspecified atom stereocenters. The highest BCUT2D eigenvalue weighted by atomic mass is 16.5. The number of ether oxygens (including phenoxy) is 2. The van der Waals surface area contributed by atoms with Gasteiger partial charge >= 0.3 is 12.1 Å². The molecule has 0 radical (unpaired) electrons. The van der Waals surface area contributed by atoms with Gasteiger partial charge in [0.15, 0.2) is 6.04 Å². The van der Waals surface area contributed by atoms with Crippen LogP contribution in [0.5, 0.6) is 0 Å². The molecule has 2 aromatic rings. The van der Waals surface area contributed by atoms with Crippen molar-refractivity contribution in [2.75, 3.05) is 26.9 Å². The summed E-state index contributed by atoms with van der Waals surface area (Å²) in [5.74, 6) is -1.50. The average molecular weight is 455 g/mol. The van der Waals surface area contributed by atoms with Gasteiger partial charge in [0, 0.05) is 26.0 Å². The number of benzene rings is 2. The summed E-state index contributed by atoms with van der Waals surface area (Å²) in [4.78, 5) is 35.3. The highest BCUT2D eigenvalue weighted by molar-refractivity contribution is 5.83. The van der Waals surface area contributed by atoms with E-state index >= 15 is 0 Å². The van der Waals surface area contributed by atoms with Crippen LogP contribution in [0.1, 0.15) is 36.8 Å². The Balaban J connectivity index is 1.42. The molecule has 8 heteroatoms. The second kappa shape index (κ2) is 11.5. The van der Waals surface area contributed by atoms with Crippen LogP contribution in [0.3, 0.4) is 0 Å². The topological polar surface area (TPSA) is 114 Å². The van der Waals surface area contributed by atoms with Gasteiger partial charge in [-0.2, -0.15) is 0 Å². The number of fused-ring (bicyclic) bond motifs is 3. The lowest BCUT2D eigenvalue weighted by Crippen LogP contribution is -2.43. The summed E-state index contributed by atoms with van der Waals surface area (Å²) in [6, 6.07) is 15.2. The summed E-state index contributed by atoms with van der Waals surface area (Å²) in [6.07, 6.45) is 0.148. The van der Waals surface area contributed by atoms with Gasteiger partial charge in [-0.15, -0.1) is 0 Å². The fraction of sp³-hybridized carbons (Fsp3) is 0.400. The average Bonchev–Trinajstić information content (AvgIpc) is 3.13. The Bertz CT molecular complexity index is 947. The minimum atomic E-state index is -1.14. The molecule has 2 amide bonds. The standard InChI is InChI=1S/C25H30N2O6/c1-16(11-12-23(28)27-22(15-32-2)24(29)30)13-26-25(31)33-14-21-19-9-5-3-7-17(19)18-8-4-6-10-20(18)21/h3-10,16,21-22H,11-15H2,1-2H3,(H,26,31)(H,27,28)(H,29,30). The van der Waals surface area contributed by atoms with Crippen molar-refractivity contribution in [2.45, 2.75) is 31.7 Å². The number of amides is 2. The van der Waals surface area contributed by atoms with Crippen molar-refractivity contribution in [2.24, 2.45) is 5.92 Å². The van der Waals surface area contributed by atoms with Crippen LogP contribution in [0.4, 0.5) is 4.79 Å². The first-order valence-corrected chi connectivity index (χ1v) is 11.0. The summed E-state index contributed by atoms with van der Waals surface area (Å²) in [7, 11) is 1.37. The third-order valence-electron chi connectivity index (χ3n) is 5.77. The van der Waals surface area contributed by atoms with Gasteiger partial charge in [0.05, 0.1) is 6.61 Å². The highest BCUT2D eigenvalue weighted by Gasteiger charge is 2.29. The van der Waals surface area contributed by atoms with Crippen molar-refractivity contribution >= 4 is 18.0 Å². The van der Waals surface area contributed by atoms with E-state index in [1.807, 2.05) is 31.2 Å². The second-order valence-corrected chi connectivity index (χ2v) is 8.26. The van der Waals surface area contributed by atoms with Crippen LogP contribution in [0.25, 0.3) is 11.1 Å². The van der Waals surface area contributed by atoms with Crippen molar-refractivity contribution in [1.29, 1.82) is 0 Å². The van der Waals surface area contributed by atoms with Gasteiger partial charge in [-0.05, 0) is 34.6 Å². The zero-order chi connectivity index (χ0) is 23.8. The van der Waals surface area contributed by atoms with Gasteiger partial charge in [-0.25, -0.2) is 9.59 Å². The van der Waals surface area contributed by atoms with Crippen molar-refractivity contribution in [1.82, 2.24) is 10.6 Å². The first kappa shape index (κ1) is 24.3. The smallest absolute Gasteiger partial charge is 0.407 e. The molecule has 8 nitrogen and oxygen atoms in total. The zero-order valence-electron chi connectivity index (χ0n) is 18.9. The summed E-state index contributed by atoms with van der Waals surface area (Å²) in [6.45, 7) is 2.40. The molecule has 2 aromatic carbocycles. The lowest BCUT2D eigenvalue weighted by atomic mass is 9.98. The van der Waals surface area contributed by atoms with Gasteiger partial charge in [-0.3, -0.25) is 4.79 Å². The number of carbonyl (C=O) groups excluding carboxylic acids is 2. The number of hydrogen-bond acceptors (Lipinski definition) is 5. The third-order valence-corrected chi connectivity index (χ3v) is 5.77. The maximum atomic E-state index is 12.3. The SMILES string of the molecule is COCC(NC(=O)CCC(C)CNC(=O)OCC1c2ccccc2-c2ccccc21)C(=O)O. The van der Waals surface area contributed by atoms with E-state index in [1.54, 1.807) is 0 Å². The van der Waals surface area contributed by atoms with Gasteiger partial charge in [0.25, 0.3) is 0 Å². The predicted molar refractivity (Wildman–Crippen MR) is 123 cm³/mol. The van der Waals surface area contributed by atoms with Crippen LogP contribution in [0.15, 0.2) is 48.5 Å². The number of carbonyl (C=O) groups is 3. The number of alkyl carbamates (subject to hydrolysis) is 1. The largest absolute Gasteiger partial charge is 0.480 e. The molecule has 0 aromatic heterocycles. The Kier molecular flexibility index (Phi) is 8.43. The van der Waals surface area contributed by atoms with Crippen molar-refractivity contribution in [3.63, 3.8) is 0 Å². The Morgan fingerprint density at radius 3 is 2.21 bits per heavy atom. The third kappa shape index (κ3) is 6.32. The Morgan fingerprint density at radius 1 is 1.03 bits per heavy atom. The molecule has 0 spiro atoms. The summed E-state index contributed by atoms with van der Waals surface area (Å²) in [5, 5.41) is 14.2. The maximum absolute atomic E-state index is 12.3. The van der Waals surface area contributed by atoms with Gasteiger partial charge in [0.1, 0.15) is 6.61 Å². The molecule has 0 bridgehead atoms. The summed E-state index contributed by atoms with van der Waals surface area (Å²) < 4.78 is 10.3. The molecule has 0 saturated carbocycles. The van der Waals surface area contributed by atoms with Gasteiger partial charge < -0.3 is 25.2 Å². The highest BCUT2D eigenvalue weighted by Crippen LogP contribution is 2.44. The number of nitrogens with one attached hydrogen (secondary N) is 2. The molecule has 0 saturated heterocycles. The molecule has 0 heterocycles. The predicted octanol–water partition coefficient (Wildman–Crippen LogP) is 3.16. The van der Waals surface area contributed by atoms with Crippen molar-refractivity contribution in [3.05, 3.63) is 59.7 Å². The van der Waals surface area contributed by atoms with E-state index in [1.165, 1.54) is 18.2 Å². The van der Waals surface area contributed by atoms with E-state index in [4.69, 9.17) is 14.6 Å². The Hall–Kier alpha value is -3.39. The monoisotopic (exact) mass is 454 g/mol. The van der Waals surface area contributed by atoms with E-state index in [0.717, 1.165) is 11.1 Å². The molecule has 1 aliphatic rings. The second-order valence-electron chi connectivity index (χ2n) is 8.26. The quantitative estimate of drug-likeness (QED) is 0.481. The van der Waals surface area contributed by atoms with E-state index in [-0.39, 0.29) is 37.4 Å². The lowest BCUT2D eigenvalue weighted by Gasteiger charge is -2.17. The number of rotatable bonds is 11. The molecule has 2 atom stereocenters. The molecule has 33 heavy (non-hydrogen) atoms. The fourth-order valence-electron chi connectivity index (χ4n) is 3.99. The molecular formula is C25H30N2O6. The van der Waals surface area contributed by atoms with Crippen LogP contribution in [-0.2, 0) is 19.1 Å². The Labute approximate surface area is 193 Å². The Morgan fingerprint density at radius 2 is 1.64 bits per heavy atom. The molecular weight excluding hydrogens is 424 g/mol. The van der Waals surface area contributed by atoms with E-state index in [9.17, 15) is 14.4 Å². The first-order chi connectivity index (χ1) is 15.9. The minimum Gasteiger partial charge on any atom is -0.480 e. The number of carboxylic acid groups (broad SMARTS) is 1. The van der Waals surface area contributed by atoms with Gasteiger partial charge in [-0.1, -0.05) is 55.5 Å². The molecule has 3 rings (SSSR count). The van der Waals surface area contributed by atoms with Crippen molar-refractivity contribution < 1.29 is 29.0 Å². The van der Waals surface area contributed by atoms with E-state index in [0.29, 0.717) is 13.0 Å². The van der Waals surface area contributed by atoms with Crippen LogP contribution in [0.2, 0.25) is 0 Å². The summed E-state index contributed by atoms with van der Waals surface area (Å²) in [5.41, 5.74) is 4.65. The first-order valence-electron chi connectivity index (χ1n) is 11.0. The number of hydrogen-bond donors (Lipinski definition) is 3. The van der Waals surface area contributed by atoms with Crippen LogP contribution in [-0.4, -0.2) is 56.0 Å². The number of aliphatic carboxylic acids is 1. The van der Waals surface area contributed by atoms with Crippen LogP contribution >= 0.6 is 0 Å². The van der Waals surface area contributed by atoms with E-state index in [2.05, 4.69) is 34.9 Å². The molecule has 0 fully saturated rings. The van der Waals surface area contributed by atoms with Crippen LogP contribution < -0.4 is 10.6 Å². The number of carboxylic acids is 1. The minimum absolute atomic E-state index is 0.00134. The molecule has 0 aliphatic heterocycles.